The van der Waals surface area contributed by atoms with Crippen LogP contribution in [0.3, 0.4) is 0 Å². The van der Waals surface area contributed by atoms with Crippen molar-refractivity contribution in [3.63, 3.8) is 0 Å². The highest BCUT2D eigenvalue weighted by Gasteiger charge is 2.36. The van der Waals surface area contributed by atoms with E-state index in [0.717, 1.165) is 16.7 Å². The van der Waals surface area contributed by atoms with E-state index in [-0.39, 0.29) is 19.4 Å². The quantitative estimate of drug-likeness (QED) is 0.747. The van der Waals surface area contributed by atoms with E-state index in [1.807, 2.05) is 30.3 Å². The Balaban J connectivity index is 1.78. The third-order valence-electron chi connectivity index (χ3n) is 4.67. The molecule has 1 aliphatic heterocycles. The van der Waals surface area contributed by atoms with Crippen molar-refractivity contribution >= 4 is 18.0 Å². The van der Waals surface area contributed by atoms with Crippen LogP contribution in [0.2, 0.25) is 0 Å². The van der Waals surface area contributed by atoms with Crippen molar-refractivity contribution in [2.75, 3.05) is 0 Å². The summed E-state index contributed by atoms with van der Waals surface area (Å²) >= 11 is 0. The molecule has 0 bridgehead atoms. The summed E-state index contributed by atoms with van der Waals surface area (Å²) in [5, 5.41) is 21.5. The molecule has 2 amide bonds. The van der Waals surface area contributed by atoms with Gasteiger partial charge < -0.3 is 20.4 Å². The van der Waals surface area contributed by atoms with Gasteiger partial charge in [-0.15, -0.1) is 0 Å². The Kier molecular flexibility index (Phi) is 5.40. The molecule has 140 valence electrons. The summed E-state index contributed by atoms with van der Waals surface area (Å²) in [6.45, 7) is 0.122. The first kappa shape index (κ1) is 18.4. The van der Waals surface area contributed by atoms with Crippen LogP contribution in [0.15, 0.2) is 54.6 Å². The Morgan fingerprint density at radius 2 is 1.63 bits per heavy atom. The largest absolute Gasteiger partial charge is 0.480 e. The number of hydrogen-bond acceptors (Lipinski definition) is 3. The van der Waals surface area contributed by atoms with Crippen molar-refractivity contribution in [3.8, 4) is 0 Å². The van der Waals surface area contributed by atoms with Crippen molar-refractivity contribution in [3.05, 3.63) is 71.3 Å². The van der Waals surface area contributed by atoms with Gasteiger partial charge in [0.15, 0.2) is 0 Å². The monoisotopic (exact) mass is 368 g/mol. The van der Waals surface area contributed by atoms with Crippen molar-refractivity contribution in [1.29, 1.82) is 0 Å². The van der Waals surface area contributed by atoms with Crippen molar-refractivity contribution in [2.24, 2.45) is 0 Å². The normalized spacial score (nSPS) is 16.9. The van der Waals surface area contributed by atoms with E-state index >= 15 is 0 Å². The number of carboxylic acid groups (broad SMARTS) is 2. The predicted molar refractivity (Wildman–Crippen MR) is 97.2 cm³/mol. The topological polar surface area (TPSA) is 107 Å². The molecule has 1 aliphatic rings. The molecule has 0 unspecified atom stereocenters. The van der Waals surface area contributed by atoms with Crippen LogP contribution in [0, 0.1) is 0 Å². The molecule has 2 aromatic carbocycles. The molecule has 0 spiro atoms. The number of benzene rings is 2. The zero-order chi connectivity index (χ0) is 19.4. The first-order chi connectivity index (χ1) is 13.0. The number of nitrogens with one attached hydrogen (secondary N) is 1. The van der Waals surface area contributed by atoms with Crippen LogP contribution >= 0.6 is 0 Å². The van der Waals surface area contributed by atoms with Crippen LogP contribution in [-0.4, -0.2) is 45.2 Å². The minimum absolute atomic E-state index is 0.115. The molecule has 0 radical (unpaired) electrons. The highest BCUT2D eigenvalue weighted by atomic mass is 16.4. The lowest BCUT2D eigenvalue weighted by Crippen LogP contribution is -2.55. The lowest BCUT2D eigenvalue weighted by molar-refractivity contribution is -0.142. The van der Waals surface area contributed by atoms with Gasteiger partial charge in [0.25, 0.3) is 0 Å². The number of nitrogens with zero attached hydrogens (tertiary/aromatic N) is 1. The predicted octanol–water partition coefficient (Wildman–Crippen LogP) is 1.90. The standard InChI is InChI=1S/C20H20N2O5/c23-18(24)16(10-13-6-2-1-3-7-13)21-20(27)22-12-15-9-5-4-8-14(15)11-17(22)19(25)26/h1-9,16-17H,10-12H2,(H,21,27)(H,23,24)(H,25,26)/t16-,17-/m1/s1. The zero-order valence-electron chi connectivity index (χ0n) is 14.5. The fourth-order valence-corrected chi connectivity index (χ4v) is 3.24. The minimum Gasteiger partial charge on any atom is -0.480 e. The molecular formula is C20H20N2O5. The molecule has 27 heavy (non-hydrogen) atoms. The Labute approximate surface area is 156 Å². The molecule has 3 N–H and O–H groups in total. The van der Waals surface area contributed by atoms with Crippen LogP contribution in [0.25, 0.3) is 0 Å². The maximum atomic E-state index is 12.7. The molecule has 0 saturated heterocycles. The van der Waals surface area contributed by atoms with Crippen LogP contribution in [0.4, 0.5) is 4.79 Å². The van der Waals surface area contributed by atoms with Crippen molar-refractivity contribution in [1.82, 2.24) is 10.2 Å². The first-order valence-corrected chi connectivity index (χ1v) is 8.59. The number of hydrogen-bond donors (Lipinski definition) is 3. The summed E-state index contributed by atoms with van der Waals surface area (Å²) in [5.74, 6) is -2.29. The Bertz CT molecular complexity index is 852. The summed E-state index contributed by atoms with van der Waals surface area (Å²) in [7, 11) is 0. The lowest BCUT2D eigenvalue weighted by Gasteiger charge is -2.35. The number of carbonyl (C=O) groups excluding carboxylic acids is 1. The Morgan fingerprint density at radius 1 is 1.00 bits per heavy atom. The van der Waals surface area contributed by atoms with E-state index in [9.17, 15) is 24.6 Å². The SMILES string of the molecule is O=C(O)[C@H]1Cc2ccccc2CN1C(=O)N[C@H](Cc1ccccc1)C(=O)O. The summed E-state index contributed by atoms with van der Waals surface area (Å²) in [5.41, 5.74) is 2.51. The van der Waals surface area contributed by atoms with Crippen LogP contribution < -0.4 is 5.32 Å². The summed E-state index contributed by atoms with van der Waals surface area (Å²) in [4.78, 5) is 37.1. The van der Waals surface area contributed by atoms with E-state index in [4.69, 9.17) is 0 Å². The maximum absolute atomic E-state index is 12.7. The van der Waals surface area contributed by atoms with Crippen LogP contribution in [-0.2, 0) is 29.0 Å². The zero-order valence-corrected chi connectivity index (χ0v) is 14.5. The molecule has 3 rings (SSSR count). The molecule has 0 aromatic heterocycles. The van der Waals surface area contributed by atoms with Gasteiger partial charge in [0.1, 0.15) is 12.1 Å². The number of carbonyl (C=O) groups is 3. The molecule has 2 atom stereocenters. The fraction of sp³-hybridized carbons (Fsp3) is 0.250. The molecule has 0 fully saturated rings. The van der Waals surface area contributed by atoms with Crippen molar-refractivity contribution < 1.29 is 24.6 Å². The van der Waals surface area contributed by atoms with Gasteiger partial charge in [0, 0.05) is 19.4 Å². The first-order valence-electron chi connectivity index (χ1n) is 8.59. The molecular weight excluding hydrogens is 348 g/mol. The second kappa shape index (κ2) is 7.90. The third-order valence-corrected chi connectivity index (χ3v) is 4.67. The van der Waals surface area contributed by atoms with E-state index in [1.54, 1.807) is 24.3 Å². The minimum atomic E-state index is -1.17. The highest BCUT2D eigenvalue weighted by molar-refractivity contribution is 5.87. The summed E-state index contributed by atoms with van der Waals surface area (Å²) in [6.07, 6.45) is 0.305. The van der Waals surface area contributed by atoms with E-state index in [0.29, 0.717) is 0 Å². The van der Waals surface area contributed by atoms with Gasteiger partial charge in [0.2, 0.25) is 0 Å². The Hall–Kier alpha value is -3.35. The van der Waals surface area contributed by atoms with E-state index in [2.05, 4.69) is 5.32 Å². The van der Waals surface area contributed by atoms with E-state index < -0.39 is 30.1 Å². The molecule has 2 aromatic rings. The smallest absolute Gasteiger partial charge is 0.326 e. The molecule has 7 nitrogen and oxygen atoms in total. The summed E-state index contributed by atoms with van der Waals surface area (Å²) in [6, 6.07) is 13.4. The molecule has 0 aliphatic carbocycles. The van der Waals surface area contributed by atoms with E-state index in [1.165, 1.54) is 4.90 Å². The molecule has 1 heterocycles. The van der Waals surface area contributed by atoms with Gasteiger partial charge in [0.05, 0.1) is 0 Å². The number of urea groups is 1. The van der Waals surface area contributed by atoms with Gasteiger partial charge in [-0.3, -0.25) is 0 Å². The summed E-state index contributed by atoms with van der Waals surface area (Å²) < 4.78 is 0. The number of aliphatic carboxylic acids is 2. The van der Waals surface area contributed by atoms with Crippen LogP contribution in [0.5, 0.6) is 0 Å². The lowest BCUT2D eigenvalue weighted by atomic mass is 9.94. The average molecular weight is 368 g/mol. The van der Waals surface area contributed by atoms with Crippen molar-refractivity contribution in [2.45, 2.75) is 31.5 Å². The Morgan fingerprint density at radius 3 is 2.26 bits per heavy atom. The van der Waals surface area contributed by atoms with Crippen LogP contribution in [0.1, 0.15) is 16.7 Å². The average Bonchev–Trinajstić information content (AvgIpc) is 2.67. The van der Waals surface area contributed by atoms with Gasteiger partial charge in [-0.2, -0.15) is 0 Å². The number of rotatable bonds is 5. The fourth-order valence-electron chi connectivity index (χ4n) is 3.24. The van der Waals surface area contributed by atoms with Gasteiger partial charge in [-0.25, -0.2) is 14.4 Å². The number of carboxylic acids is 2. The number of amides is 2. The van der Waals surface area contributed by atoms with Gasteiger partial charge in [-0.05, 0) is 16.7 Å². The second-order valence-electron chi connectivity index (χ2n) is 6.48. The highest BCUT2D eigenvalue weighted by Crippen LogP contribution is 2.23. The number of fused-ring (bicyclic) bond motifs is 1. The third kappa shape index (κ3) is 4.25. The maximum Gasteiger partial charge on any atom is 0.326 e. The van der Waals surface area contributed by atoms with Gasteiger partial charge >= 0.3 is 18.0 Å². The molecule has 0 saturated carbocycles. The second-order valence-corrected chi connectivity index (χ2v) is 6.48. The van der Waals surface area contributed by atoms with Gasteiger partial charge in [-0.1, -0.05) is 54.6 Å². The molecule has 7 heteroatoms.